The van der Waals surface area contributed by atoms with Gasteiger partial charge in [-0.3, -0.25) is 4.79 Å². The average Bonchev–Trinajstić information content (AvgIpc) is 2.61. The third kappa shape index (κ3) is 2.10. The Morgan fingerprint density at radius 2 is 2.38 bits per heavy atom. The van der Waals surface area contributed by atoms with Gasteiger partial charge in [-0.15, -0.1) is 0 Å². The summed E-state index contributed by atoms with van der Waals surface area (Å²) in [6, 6.07) is 0. The molecule has 2 aliphatic rings. The van der Waals surface area contributed by atoms with Crippen LogP contribution >= 0.6 is 0 Å². The lowest BCUT2D eigenvalue weighted by Crippen LogP contribution is -2.39. The Kier molecular flexibility index (Phi) is 3.53. The molecule has 1 aliphatic carbocycles. The van der Waals surface area contributed by atoms with Gasteiger partial charge < -0.3 is 10.1 Å². The van der Waals surface area contributed by atoms with E-state index in [2.05, 4.69) is 12.2 Å². The summed E-state index contributed by atoms with van der Waals surface area (Å²) in [4.78, 5) is 12.0. The molecular weight excluding hydrogens is 202 g/mol. The summed E-state index contributed by atoms with van der Waals surface area (Å²) in [6.45, 7) is 6.51. The Morgan fingerprint density at radius 3 is 3.06 bits per heavy atom. The first kappa shape index (κ1) is 11.9. The lowest BCUT2D eigenvalue weighted by atomic mass is 9.65. The molecule has 1 heterocycles. The molecule has 0 aromatic rings. The first-order valence-corrected chi connectivity index (χ1v) is 6.55. The fourth-order valence-corrected chi connectivity index (χ4v) is 3.56. The molecule has 3 unspecified atom stereocenters. The maximum Gasteiger partial charge on any atom is 0.310 e. The molecule has 3 nitrogen and oxygen atoms in total. The van der Waals surface area contributed by atoms with E-state index in [4.69, 9.17) is 4.74 Å². The normalized spacial score (nSPS) is 38.9. The number of carbonyl (C=O) groups is 1. The van der Waals surface area contributed by atoms with Crippen molar-refractivity contribution in [3.05, 3.63) is 0 Å². The second kappa shape index (κ2) is 4.74. The van der Waals surface area contributed by atoms with Crippen molar-refractivity contribution in [1.82, 2.24) is 5.32 Å². The van der Waals surface area contributed by atoms with Crippen LogP contribution in [-0.2, 0) is 9.53 Å². The quantitative estimate of drug-likeness (QED) is 0.730. The Bertz CT molecular complexity index is 267. The summed E-state index contributed by atoms with van der Waals surface area (Å²) >= 11 is 0. The molecule has 0 bridgehead atoms. The van der Waals surface area contributed by atoms with E-state index in [-0.39, 0.29) is 17.3 Å². The van der Waals surface area contributed by atoms with Crippen LogP contribution in [0.5, 0.6) is 0 Å². The van der Waals surface area contributed by atoms with Gasteiger partial charge in [-0.2, -0.15) is 0 Å². The van der Waals surface area contributed by atoms with Crippen molar-refractivity contribution in [3.63, 3.8) is 0 Å². The van der Waals surface area contributed by atoms with Gasteiger partial charge in [-0.05, 0) is 31.1 Å². The van der Waals surface area contributed by atoms with Crippen LogP contribution in [-0.4, -0.2) is 25.7 Å². The highest BCUT2D eigenvalue weighted by molar-refractivity contribution is 5.74. The van der Waals surface area contributed by atoms with Crippen molar-refractivity contribution >= 4 is 5.97 Å². The second-order valence-electron chi connectivity index (χ2n) is 5.50. The molecule has 0 aromatic heterocycles. The smallest absolute Gasteiger partial charge is 0.310 e. The first-order valence-electron chi connectivity index (χ1n) is 6.55. The van der Waals surface area contributed by atoms with Crippen LogP contribution < -0.4 is 5.32 Å². The number of hydrogen-bond acceptors (Lipinski definition) is 3. The van der Waals surface area contributed by atoms with Crippen LogP contribution in [0, 0.1) is 17.3 Å². The summed E-state index contributed by atoms with van der Waals surface area (Å²) in [6.07, 6.45) is 4.95. The molecule has 0 radical (unpaired) electrons. The standard InChI is InChI=1S/C13H23NO2/c1-3-16-12(15)11-8-14-9-13(11)6-4-5-10(2)7-13/h10-11,14H,3-9H2,1-2H3. The van der Waals surface area contributed by atoms with Gasteiger partial charge in [0.1, 0.15) is 0 Å². The number of nitrogens with one attached hydrogen (secondary N) is 1. The van der Waals surface area contributed by atoms with Crippen molar-refractivity contribution in [2.45, 2.75) is 39.5 Å². The van der Waals surface area contributed by atoms with Crippen molar-refractivity contribution in [2.75, 3.05) is 19.7 Å². The Morgan fingerprint density at radius 1 is 1.56 bits per heavy atom. The fourth-order valence-electron chi connectivity index (χ4n) is 3.56. The van der Waals surface area contributed by atoms with E-state index < -0.39 is 0 Å². The summed E-state index contributed by atoms with van der Waals surface area (Å²) in [7, 11) is 0. The molecule has 1 N–H and O–H groups in total. The van der Waals surface area contributed by atoms with Gasteiger partial charge in [0.25, 0.3) is 0 Å². The zero-order valence-electron chi connectivity index (χ0n) is 10.4. The number of hydrogen-bond donors (Lipinski definition) is 1. The zero-order chi connectivity index (χ0) is 11.6. The molecule has 1 saturated heterocycles. The topological polar surface area (TPSA) is 38.3 Å². The molecule has 1 spiro atoms. The summed E-state index contributed by atoms with van der Waals surface area (Å²) < 4.78 is 5.21. The molecule has 16 heavy (non-hydrogen) atoms. The lowest BCUT2D eigenvalue weighted by molar-refractivity contribution is -0.152. The minimum Gasteiger partial charge on any atom is -0.466 e. The third-order valence-corrected chi connectivity index (χ3v) is 4.26. The molecule has 92 valence electrons. The molecule has 0 aromatic carbocycles. The summed E-state index contributed by atoms with van der Waals surface area (Å²) in [5.41, 5.74) is 0.198. The van der Waals surface area contributed by atoms with Crippen molar-refractivity contribution in [1.29, 1.82) is 0 Å². The summed E-state index contributed by atoms with van der Waals surface area (Å²) in [5.74, 6) is 0.863. The molecule has 3 heteroatoms. The predicted molar refractivity (Wildman–Crippen MR) is 63.1 cm³/mol. The van der Waals surface area contributed by atoms with Crippen LogP contribution in [0.2, 0.25) is 0 Å². The minimum absolute atomic E-state index is 0.0154. The van der Waals surface area contributed by atoms with Gasteiger partial charge in [-0.25, -0.2) is 0 Å². The molecule has 3 atom stereocenters. The van der Waals surface area contributed by atoms with Gasteiger partial charge in [-0.1, -0.05) is 19.8 Å². The van der Waals surface area contributed by atoms with E-state index in [1.807, 2.05) is 6.92 Å². The number of esters is 1. The van der Waals surface area contributed by atoms with Crippen molar-refractivity contribution in [2.24, 2.45) is 17.3 Å². The van der Waals surface area contributed by atoms with Gasteiger partial charge in [0, 0.05) is 13.1 Å². The van der Waals surface area contributed by atoms with E-state index in [1.54, 1.807) is 0 Å². The Labute approximate surface area is 97.9 Å². The zero-order valence-corrected chi connectivity index (χ0v) is 10.4. The molecule has 0 amide bonds. The van der Waals surface area contributed by atoms with E-state index >= 15 is 0 Å². The van der Waals surface area contributed by atoms with Gasteiger partial charge >= 0.3 is 5.97 Å². The SMILES string of the molecule is CCOC(=O)C1CNCC12CCCC(C)C2. The van der Waals surface area contributed by atoms with E-state index in [0.29, 0.717) is 6.61 Å². The van der Waals surface area contributed by atoms with Crippen LogP contribution in [0.1, 0.15) is 39.5 Å². The largest absolute Gasteiger partial charge is 0.466 e. The molecular formula is C13H23NO2. The first-order chi connectivity index (χ1) is 7.68. The van der Waals surface area contributed by atoms with E-state index in [0.717, 1.165) is 19.0 Å². The fraction of sp³-hybridized carbons (Fsp3) is 0.923. The van der Waals surface area contributed by atoms with Crippen LogP contribution in [0.15, 0.2) is 0 Å². The number of carbonyl (C=O) groups excluding carboxylic acids is 1. The van der Waals surface area contributed by atoms with Crippen LogP contribution in [0.25, 0.3) is 0 Å². The lowest BCUT2D eigenvalue weighted by Gasteiger charge is -2.39. The monoisotopic (exact) mass is 225 g/mol. The highest BCUT2D eigenvalue weighted by Crippen LogP contribution is 2.47. The summed E-state index contributed by atoms with van der Waals surface area (Å²) in [5, 5.41) is 3.39. The Hall–Kier alpha value is -0.570. The molecule has 1 saturated carbocycles. The average molecular weight is 225 g/mol. The van der Waals surface area contributed by atoms with Gasteiger partial charge in [0.05, 0.1) is 12.5 Å². The van der Waals surface area contributed by atoms with Gasteiger partial charge in [0.15, 0.2) is 0 Å². The highest BCUT2D eigenvalue weighted by Gasteiger charge is 2.48. The van der Waals surface area contributed by atoms with Crippen LogP contribution in [0.4, 0.5) is 0 Å². The van der Waals surface area contributed by atoms with Crippen molar-refractivity contribution in [3.8, 4) is 0 Å². The minimum atomic E-state index is 0.0154. The Balaban J connectivity index is 2.09. The molecule has 2 fully saturated rings. The number of ether oxygens (including phenoxy) is 1. The molecule has 2 rings (SSSR count). The maximum atomic E-state index is 12.0. The number of rotatable bonds is 2. The van der Waals surface area contributed by atoms with E-state index in [9.17, 15) is 4.79 Å². The maximum absolute atomic E-state index is 12.0. The van der Waals surface area contributed by atoms with Gasteiger partial charge in [0.2, 0.25) is 0 Å². The second-order valence-corrected chi connectivity index (χ2v) is 5.50. The third-order valence-electron chi connectivity index (χ3n) is 4.26. The van der Waals surface area contributed by atoms with Crippen LogP contribution in [0.3, 0.4) is 0 Å². The predicted octanol–water partition coefficient (Wildman–Crippen LogP) is 1.97. The molecule has 1 aliphatic heterocycles. The van der Waals surface area contributed by atoms with Crippen molar-refractivity contribution < 1.29 is 9.53 Å². The highest BCUT2D eigenvalue weighted by atomic mass is 16.5. The van der Waals surface area contributed by atoms with E-state index in [1.165, 1.54) is 25.7 Å².